The van der Waals surface area contributed by atoms with Gasteiger partial charge < -0.3 is 5.32 Å². The van der Waals surface area contributed by atoms with E-state index in [0.717, 1.165) is 18.4 Å². The smallest absolute Gasteiger partial charge is 0.244 e. The van der Waals surface area contributed by atoms with Crippen LogP contribution in [0.4, 0.5) is 0 Å². The van der Waals surface area contributed by atoms with E-state index in [1.807, 2.05) is 6.92 Å². The molecule has 110 valence electrons. The predicted octanol–water partition coefficient (Wildman–Crippen LogP) is 5.09. The first-order valence-corrected chi connectivity index (χ1v) is 7.72. The second-order valence-corrected chi connectivity index (χ2v) is 5.75. The highest BCUT2D eigenvalue weighted by atomic mass is 35.5. The van der Waals surface area contributed by atoms with E-state index in [4.69, 9.17) is 23.2 Å². The van der Waals surface area contributed by atoms with Crippen LogP contribution in [0.2, 0.25) is 10.0 Å². The SMILES string of the molecule is CCCCC[C@H](C)NC(=O)/C=C/c1ccc(Cl)cc1Cl. The second-order valence-electron chi connectivity index (χ2n) is 4.90. The number of amides is 1. The normalized spacial score (nSPS) is 12.6. The Kier molecular flexibility index (Phi) is 7.71. The lowest BCUT2D eigenvalue weighted by molar-refractivity contribution is -0.117. The molecule has 0 aliphatic heterocycles. The van der Waals surface area contributed by atoms with Gasteiger partial charge in [-0.25, -0.2) is 0 Å². The van der Waals surface area contributed by atoms with Crippen molar-refractivity contribution in [2.24, 2.45) is 0 Å². The number of benzene rings is 1. The van der Waals surface area contributed by atoms with E-state index in [0.29, 0.717) is 10.0 Å². The topological polar surface area (TPSA) is 29.1 Å². The zero-order chi connectivity index (χ0) is 15.0. The fourth-order valence-electron chi connectivity index (χ4n) is 1.87. The van der Waals surface area contributed by atoms with Crippen LogP contribution in [-0.4, -0.2) is 11.9 Å². The van der Waals surface area contributed by atoms with Crippen molar-refractivity contribution in [2.45, 2.75) is 45.6 Å². The minimum Gasteiger partial charge on any atom is -0.350 e. The Balaban J connectivity index is 2.47. The molecule has 0 unspecified atom stereocenters. The van der Waals surface area contributed by atoms with Crippen LogP contribution in [0.15, 0.2) is 24.3 Å². The Hall–Kier alpha value is -0.990. The van der Waals surface area contributed by atoms with Gasteiger partial charge in [-0.05, 0) is 37.1 Å². The first-order valence-electron chi connectivity index (χ1n) is 6.96. The highest BCUT2D eigenvalue weighted by molar-refractivity contribution is 6.35. The molecule has 0 radical (unpaired) electrons. The number of halogens is 2. The van der Waals surface area contributed by atoms with Gasteiger partial charge in [0.05, 0.1) is 0 Å². The zero-order valence-corrected chi connectivity index (χ0v) is 13.5. The Labute approximate surface area is 131 Å². The highest BCUT2D eigenvalue weighted by Crippen LogP contribution is 2.21. The molecule has 1 amide bonds. The fourth-order valence-corrected chi connectivity index (χ4v) is 2.34. The van der Waals surface area contributed by atoms with E-state index in [-0.39, 0.29) is 11.9 Å². The summed E-state index contributed by atoms with van der Waals surface area (Å²) in [5, 5.41) is 4.07. The van der Waals surface area contributed by atoms with Gasteiger partial charge >= 0.3 is 0 Å². The van der Waals surface area contributed by atoms with E-state index in [9.17, 15) is 4.79 Å². The molecule has 1 aromatic rings. The average Bonchev–Trinajstić information content (AvgIpc) is 2.38. The molecular formula is C16H21Cl2NO. The predicted molar refractivity (Wildman–Crippen MR) is 87.2 cm³/mol. The van der Waals surface area contributed by atoms with Crippen LogP contribution in [0.1, 0.15) is 45.1 Å². The molecule has 0 heterocycles. The second kappa shape index (κ2) is 9.04. The molecule has 0 spiro atoms. The molecule has 0 aromatic heterocycles. The molecule has 0 fully saturated rings. The Morgan fingerprint density at radius 3 is 2.75 bits per heavy atom. The molecule has 0 aliphatic carbocycles. The lowest BCUT2D eigenvalue weighted by atomic mass is 10.1. The lowest BCUT2D eigenvalue weighted by Crippen LogP contribution is -2.30. The highest BCUT2D eigenvalue weighted by Gasteiger charge is 2.04. The minimum absolute atomic E-state index is 0.0972. The van der Waals surface area contributed by atoms with E-state index in [2.05, 4.69) is 12.2 Å². The van der Waals surface area contributed by atoms with Gasteiger partial charge in [-0.2, -0.15) is 0 Å². The number of carbonyl (C=O) groups is 1. The summed E-state index contributed by atoms with van der Waals surface area (Å²) in [7, 11) is 0. The average molecular weight is 314 g/mol. The number of nitrogens with one attached hydrogen (secondary N) is 1. The fraction of sp³-hybridized carbons (Fsp3) is 0.438. The molecule has 0 aliphatic rings. The maximum absolute atomic E-state index is 11.8. The van der Waals surface area contributed by atoms with Gasteiger partial charge in [-0.15, -0.1) is 0 Å². The van der Waals surface area contributed by atoms with Crippen LogP contribution in [-0.2, 0) is 4.79 Å². The lowest BCUT2D eigenvalue weighted by Gasteiger charge is -2.11. The standard InChI is InChI=1S/C16H21Cl2NO/c1-3-4-5-6-12(2)19-16(20)10-8-13-7-9-14(17)11-15(13)18/h7-12H,3-6H2,1-2H3,(H,19,20)/b10-8+/t12-/m0/s1. The van der Waals surface area contributed by atoms with Crippen molar-refractivity contribution in [1.29, 1.82) is 0 Å². The molecule has 1 atom stereocenters. The van der Waals surface area contributed by atoms with Crippen molar-refractivity contribution in [1.82, 2.24) is 5.32 Å². The van der Waals surface area contributed by atoms with Gasteiger partial charge in [0.15, 0.2) is 0 Å². The number of unbranched alkanes of at least 4 members (excludes halogenated alkanes) is 2. The van der Waals surface area contributed by atoms with Gasteiger partial charge in [0.25, 0.3) is 0 Å². The van der Waals surface area contributed by atoms with E-state index in [1.165, 1.54) is 18.9 Å². The largest absolute Gasteiger partial charge is 0.350 e. The Bertz CT molecular complexity index is 472. The Morgan fingerprint density at radius 1 is 1.35 bits per heavy atom. The number of carbonyl (C=O) groups excluding carboxylic acids is 1. The molecule has 1 aromatic carbocycles. The minimum atomic E-state index is -0.0972. The van der Waals surface area contributed by atoms with Crippen molar-refractivity contribution >= 4 is 35.2 Å². The Morgan fingerprint density at radius 2 is 2.10 bits per heavy atom. The maximum atomic E-state index is 11.8. The molecule has 20 heavy (non-hydrogen) atoms. The zero-order valence-electron chi connectivity index (χ0n) is 12.0. The summed E-state index contributed by atoms with van der Waals surface area (Å²) in [6.07, 6.45) is 7.75. The van der Waals surface area contributed by atoms with Crippen LogP contribution in [0, 0.1) is 0 Å². The summed E-state index contributed by atoms with van der Waals surface area (Å²) in [4.78, 5) is 11.8. The summed E-state index contributed by atoms with van der Waals surface area (Å²) in [5.41, 5.74) is 0.782. The first kappa shape index (κ1) is 17.1. The van der Waals surface area contributed by atoms with Gasteiger partial charge in [0, 0.05) is 22.2 Å². The molecule has 4 heteroatoms. The van der Waals surface area contributed by atoms with Crippen LogP contribution < -0.4 is 5.32 Å². The van der Waals surface area contributed by atoms with E-state index >= 15 is 0 Å². The monoisotopic (exact) mass is 313 g/mol. The van der Waals surface area contributed by atoms with Crippen LogP contribution in [0.3, 0.4) is 0 Å². The van der Waals surface area contributed by atoms with Crippen molar-refractivity contribution in [2.75, 3.05) is 0 Å². The summed E-state index contributed by atoms with van der Waals surface area (Å²) in [6.45, 7) is 4.19. The summed E-state index contributed by atoms with van der Waals surface area (Å²) < 4.78 is 0. The van der Waals surface area contributed by atoms with Crippen LogP contribution >= 0.6 is 23.2 Å². The number of rotatable bonds is 7. The van der Waals surface area contributed by atoms with Gasteiger partial charge in [0.2, 0.25) is 5.91 Å². The third kappa shape index (κ3) is 6.44. The molecule has 0 saturated carbocycles. The van der Waals surface area contributed by atoms with Gasteiger partial charge in [-0.1, -0.05) is 55.5 Å². The third-order valence-electron chi connectivity index (χ3n) is 3.01. The summed E-state index contributed by atoms with van der Waals surface area (Å²) >= 11 is 11.9. The first-order chi connectivity index (χ1) is 9.52. The number of hydrogen-bond acceptors (Lipinski definition) is 1. The van der Waals surface area contributed by atoms with Gasteiger partial charge in [0.1, 0.15) is 0 Å². The summed E-state index contributed by atoms with van der Waals surface area (Å²) in [6, 6.07) is 5.39. The quantitative estimate of drug-likeness (QED) is 0.551. The molecule has 1 N–H and O–H groups in total. The molecule has 2 nitrogen and oxygen atoms in total. The molecule has 0 bridgehead atoms. The van der Waals surface area contributed by atoms with Crippen molar-refractivity contribution in [3.05, 3.63) is 39.9 Å². The van der Waals surface area contributed by atoms with Crippen LogP contribution in [0.5, 0.6) is 0 Å². The molecule has 1 rings (SSSR count). The van der Waals surface area contributed by atoms with Crippen molar-refractivity contribution < 1.29 is 4.79 Å². The molecule has 0 saturated heterocycles. The third-order valence-corrected chi connectivity index (χ3v) is 3.57. The van der Waals surface area contributed by atoms with E-state index < -0.39 is 0 Å². The van der Waals surface area contributed by atoms with Crippen molar-refractivity contribution in [3.8, 4) is 0 Å². The van der Waals surface area contributed by atoms with Gasteiger partial charge in [-0.3, -0.25) is 4.79 Å². The maximum Gasteiger partial charge on any atom is 0.244 e. The van der Waals surface area contributed by atoms with Crippen molar-refractivity contribution in [3.63, 3.8) is 0 Å². The molecular weight excluding hydrogens is 293 g/mol. The number of hydrogen-bond donors (Lipinski definition) is 1. The van der Waals surface area contributed by atoms with E-state index in [1.54, 1.807) is 24.3 Å². The summed E-state index contributed by atoms with van der Waals surface area (Å²) in [5.74, 6) is -0.0972. The van der Waals surface area contributed by atoms with Crippen LogP contribution in [0.25, 0.3) is 6.08 Å².